The molecule has 1 fully saturated rings. The molecule has 8 nitrogen and oxygen atoms in total. The van der Waals surface area contributed by atoms with Gasteiger partial charge in [-0.25, -0.2) is 0 Å². The first-order valence-electron chi connectivity index (χ1n) is 10.9. The summed E-state index contributed by atoms with van der Waals surface area (Å²) < 4.78 is 0. The van der Waals surface area contributed by atoms with E-state index in [1.807, 2.05) is 31.2 Å². The lowest BCUT2D eigenvalue weighted by molar-refractivity contribution is -0.126. The third-order valence-electron chi connectivity index (χ3n) is 5.70. The Bertz CT molecular complexity index is 1200. The second-order valence-electron chi connectivity index (χ2n) is 8.11. The third kappa shape index (κ3) is 5.78. The number of piperidine rings is 1. The molecule has 2 aromatic carbocycles. The van der Waals surface area contributed by atoms with Crippen molar-refractivity contribution in [1.29, 1.82) is 0 Å². The monoisotopic (exact) mass is 497 g/mol. The Morgan fingerprint density at radius 1 is 1.09 bits per heavy atom. The van der Waals surface area contributed by atoms with Crippen LogP contribution in [-0.4, -0.2) is 45.9 Å². The van der Waals surface area contributed by atoms with Crippen LogP contribution in [0.5, 0.6) is 0 Å². The molecule has 0 spiro atoms. The molecule has 3 amide bonds. The highest BCUT2D eigenvalue weighted by atomic mass is 35.5. The third-order valence-corrected chi connectivity index (χ3v) is 6.86. The molecular formula is C24H24ClN5O3S. The standard InChI is InChI=1S/C24H24ClN5O3S/c1-15-5-2-3-6-16(15)13-26-20(31)17-7-4-12-30(14-17)24(33)23-29-28-22(34-23)21(32)27-19-10-8-18(25)9-11-19/h2-3,5-6,8-11,17H,4,7,12-14H2,1H3,(H,26,31)(H,27,32)/t17-/m1/s1. The zero-order chi connectivity index (χ0) is 24.1. The highest BCUT2D eigenvalue weighted by molar-refractivity contribution is 7.15. The van der Waals surface area contributed by atoms with Gasteiger partial charge in [-0.05, 0) is 55.2 Å². The lowest BCUT2D eigenvalue weighted by Crippen LogP contribution is -2.45. The summed E-state index contributed by atoms with van der Waals surface area (Å²) in [6.07, 6.45) is 1.44. The van der Waals surface area contributed by atoms with E-state index in [9.17, 15) is 14.4 Å². The van der Waals surface area contributed by atoms with E-state index in [2.05, 4.69) is 20.8 Å². The van der Waals surface area contributed by atoms with Gasteiger partial charge in [0, 0.05) is 30.3 Å². The highest BCUT2D eigenvalue weighted by Gasteiger charge is 2.31. The van der Waals surface area contributed by atoms with Crippen LogP contribution in [0.2, 0.25) is 5.02 Å². The average molecular weight is 498 g/mol. The van der Waals surface area contributed by atoms with Crippen LogP contribution < -0.4 is 10.6 Å². The molecule has 4 rings (SSSR count). The van der Waals surface area contributed by atoms with Crippen LogP contribution in [0.4, 0.5) is 5.69 Å². The molecule has 176 valence electrons. The minimum atomic E-state index is -0.453. The SMILES string of the molecule is Cc1ccccc1CNC(=O)[C@@H]1CCCN(C(=O)c2nnc(C(=O)Nc3ccc(Cl)cc3)s2)C1. The number of halogens is 1. The molecule has 2 N–H and O–H groups in total. The van der Waals surface area contributed by atoms with Gasteiger partial charge in [0.2, 0.25) is 15.9 Å². The Morgan fingerprint density at radius 3 is 2.59 bits per heavy atom. The molecule has 0 unspecified atom stereocenters. The Kier molecular flexibility index (Phi) is 7.54. The maximum Gasteiger partial charge on any atom is 0.286 e. The first kappa shape index (κ1) is 23.8. The second kappa shape index (κ2) is 10.8. The van der Waals surface area contributed by atoms with Crippen molar-refractivity contribution in [2.75, 3.05) is 18.4 Å². The van der Waals surface area contributed by atoms with E-state index < -0.39 is 5.91 Å². The van der Waals surface area contributed by atoms with Gasteiger partial charge >= 0.3 is 0 Å². The molecule has 34 heavy (non-hydrogen) atoms. The largest absolute Gasteiger partial charge is 0.352 e. The maximum atomic E-state index is 13.0. The quantitative estimate of drug-likeness (QED) is 0.537. The molecule has 1 aromatic heterocycles. The Hall–Kier alpha value is -3.30. The zero-order valence-corrected chi connectivity index (χ0v) is 20.2. The fraction of sp³-hybridized carbons (Fsp3) is 0.292. The molecule has 2 heterocycles. The van der Waals surface area contributed by atoms with Gasteiger partial charge in [0.1, 0.15) is 0 Å². The Morgan fingerprint density at radius 2 is 1.82 bits per heavy atom. The van der Waals surface area contributed by atoms with Crippen molar-refractivity contribution in [3.8, 4) is 0 Å². The van der Waals surface area contributed by atoms with E-state index in [1.54, 1.807) is 29.2 Å². The van der Waals surface area contributed by atoms with Crippen molar-refractivity contribution >= 4 is 46.3 Å². The molecule has 1 atom stereocenters. The summed E-state index contributed by atoms with van der Waals surface area (Å²) >= 11 is 6.79. The summed E-state index contributed by atoms with van der Waals surface area (Å²) in [4.78, 5) is 39.8. The molecule has 10 heteroatoms. The van der Waals surface area contributed by atoms with E-state index in [1.165, 1.54) is 0 Å². The van der Waals surface area contributed by atoms with Gasteiger partial charge in [-0.1, -0.05) is 47.2 Å². The van der Waals surface area contributed by atoms with E-state index in [4.69, 9.17) is 11.6 Å². The van der Waals surface area contributed by atoms with Crippen molar-refractivity contribution in [3.63, 3.8) is 0 Å². The summed E-state index contributed by atoms with van der Waals surface area (Å²) in [6, 6.07) is 14.6. The summed E-state index contributed by atoms with van der Waals surface area (Å²) in [5, 5.41) is 14.3. The number of nitrogens with one attached hydrogen (secondary N) is 2. The van der Waals surface area contributed by atoms with Gasteiger partial charge in [-0.2, -0.15) is 0 Å². The molecule has 0 saturated carbocycles. The van der Waals surface area contributed by atoms with Gasteiger partial charge in [0.25, 0.3) is 11.8 Å². The van der Waals surface area contributed by atoms with Gasteiger partial charge in [-0.3, -0.25) is 14.4 Å². The lowest BCUT2D eigenvalue weighted by Gasteiger charge is -2.31. The normalized spacial score (nSPS) is 15.6. The predicted octanol–water partition coefficient (Wildman–Crippen LogP) is 3.92. The Labute approximate surface area is 206 Å². The minimum absolute atomic E-state index is 0.0685. The van der Waals surface area contributed by atoms with Crippen molar-refractivity contribution in [2.45, 2.75) is 26.3 Å². The molecule has 0 bridgehead atoms. The molecule has 3 aromatic rings. The number of aryl methyl sites for hydroxylation is 1. The highest BCUT2D eigenvalue weighted by Crippen LogP contribution is 2.22. The van der Waals surface area contributed by atoms with Gasteiger partial charge in [0.15, 0.2) is 0 Å². The number of hydrogen-bond donors (Lipinski definition) is 2. The number of likely N-dealkylation sites (tertiary alicyclic amines) is 1. The van der Waals surface area contributed by atoms with Crippen molar-refractivity contribution < 1.29 is 14.4 Å². The van der Waals surface area contributed by atoms with Crippen LogP contribution in [0.15, 0.2) is 48.5 Å². The molecular weight excluding hydrogens is 474 g/mol. The first-order valence-corrected chi connectivity index (χ1v) is 12.1. The fourth-order valence-electron chi connectivity index (χ4n) is 3.77. The number of nitrogens with zero attached hydrogens (tertiary/aromatic N) is 3. The second-order valence-corrected chi connectivity index (χ2v) is 9.52. The number of benzene rings is 2. The molecule has 0 aliphatic carbocycles. The summed E-state index contributed by atoms with van der Waals surface area (Å²) in [6.45, 7) is 3.31. The molecule has 1 saturated heterocycles. The molecule has 0 radical (unpaired) electrons. The molecule has 1 aliphatic rings. The summed E-state index contributed by atoms with van der Waals surface area (Å²) in [7, 11) is 0. The predicted molar refractivity (Wildman–Crippen MR) is 131 cm³/mol. The van der Waals surface area contributed by atoms with Gasteiger partial charge in [-0.15, -0.1) is 10.2 Å². The smallest absolute Gasteiger partial charge is 0.286 e. The van der Waals surface area contributed by atoms with Crippen molar-refractivity contribution in [1.82, 2.24) is 20.4 Å². The average Bonchev–Trinajstić information content (AvgIpc) is 3.35. The lowest BCUT2D eigenvalue weighted by atomic mass is 9.97. The van der Waals surface area contributed by atoms with Crippen LogP contribution in [0.25, 0.3) is 0 Å². The van der Waals surface area contributed by atoms with E-state index in [0.717, 1.165) is 28.9 Å². The van der Waals surface area contributed by atoms with Crippen LogP contribution >= 0.6 is 22.9 Å². The van der Waals surface area contributed by atoms with Crippen LogP contribution in [-0.2, 0) is 11.3 Å². The van der Waals surface area contributed by atoms with Crippen molar-refractivity contribution in [3.05, 3.63) is 74.7 Å². The van der Waals surface area contributed by atoms with Crippen LogP contribution in [0.1, 0.15) is 43.6 Å². The number of carbonyl (C=O) groups is 3. The van der Waals surface area contributed by atoms with E-state index in [0.29, 0.717) is 36.8 Å². The minimum Gasteiger partial charge on any atom is -0.352 e. The number of amides is 3. The van der Waals surface area contributed by atoms with Crippen LogP contribution in [0, 0.1) is 12.8 Å². The van der Waals surface area contributed by atoms with Gasteiger partial charge in [0.05, 0.1) is 5.92 Å². The number of carbonyl (C=O) groups excluding carboxylic acids is 3. The van der Waals surface area contributed by atoms with Gasteiger partial charge < -0.3 is 15.5 Å². The fourth-order valence-corrected chi connectivity index (χ4v) is 4.60. The zero-order valence-electron chi connectivity index (χ0n) is 18.6. The molecule has 1 aliphatic heterocycles. The summed E-state index contributed by atoms with van der Waals surface area (Å²) in [5.41, 5.74) is 2.75. The number of rotatable bonds is 6. The first-order chi connectivity index (χ1) is 16.4. The number of anilines is 1. The number of hydrogen-bond acceptors (Lipinski definition) is 6. The van der Waals surface area contributed by atoms with E-state index in [-0.39, 0.29) is 27.7 Å². The maximum absolute atomic E-state index is 13.0. The van der Waals surface area contributed by atoms with Crippen molar-refractivity contribution in [2.24, 2.45) is 5.92 Å². The number of aromatic nitrogens is 2. The van der Waals surface area contributed by atoms with Crippen LogP contribution in [0.3, 0.4) is 0 Å². The van der Waals surface area contributed by atoms with E-state index >= 15 is 0 Å². The Balaban J connectivity index is 1.34. The topological polar surface area (TPSA) is 104 Å². The summed E-state index contributed by atoms with van der Waals surface area (Å²) in [5.74, 6) is -1.13.